The van der Waals surface area contributed by atoms with Crippen molar-refractivity contribution in [3.05, 3.63) is 69.4 Å². The Hall–Kier alpha value is -4.44. The highest BCUT2D eigenvalue weighted by Crippen LogP contribution is 2.33. The lowest BCUT2D eigenvalue weighted by Gasteiger charge is -2.22. The first-order valence-electron chi connectivity index (χ1n) is 11.8. The van der Waals surface area contributed by atoms with Crippen LogP contribution in [0.4, 0.5) is 17.6 Å². The van der Waals surface area contributed by atoms with Gasteiger partial charge in [0.25, 0.3) is 5.56 Å². The van der Waals surface area contributed by atoms with E-state index in [1.165, 1.54) is 18.3 Å². The summed E-state index contributed by atoms with van der Waals surface area (Å²) in [6, 6.07) is 5.20. The van der Waals surface area contributed by atoms with E-state index in [2.05, 4.69) is 19.9 Å². The average Bonchev–Trinajstić information content (AvgIpc) is 2.90. The van der Waals surface area contributed by atoms with E-state index in [-0.39, 0.29) is 35.3 Å². The Bertz CT molecular complexity index is 1630. The van der Waals surface area contributed by atoms with Crippen LogP contribution in [0.1, 0.15) is 37.5 Å². The summed E-state index contributed by atoms with van der Waals surface area (Å²) < 4.78 is 62.3. The molecule has 3 heterocycles. The third-order valence-electron chi connectivity index (χ3n) is 5.88. The molecule has 0 amide bonds. The standard InChI is InChI=1S/C26H23F4N7O2/c1-13(2)33-12-16(11-32)19-9-15(6-7-39-19)23-34-20(17-5-4-14(10-31)8-18(17)27)21-22(35-23)24(38)37(3)25(36-21)26(28,29)30/h4-5,8-9,11-13,19H,6-7,32H2,1-3H3/b16-11+,33-12?. The second-order valence-corrected chi connectivity index (χ2v) is 8.97. The van der Waals surface area contributed by atoms with E-state index in [0.29, 0.717) is 22.1 Å². The maximum atomic E-state index is 15.1. The molecule has 4 rings (SSSR count). The molecule has 1 unspecified atom stereocenters. The van der Waals surface area contributed by atoms with Crippen LogP contribution in [-0.2, 0) is 18.0 Å². The van der Waals surface area contributed by atoms with Gasteiger partial charge in [-0.25, -0.2) is 19.3 Å². The number of nitriles is 1. The summed E-state index contributed by atoms with van der Waals surface area (Å²) in [7, 11) is 0.928. The molecule has 13 heteroatoms. The SMILES string of the molecule is CC(C)N=C/C(=C\N)C1C=C(c2nc(-c3ccc(C#N)cc3F)c3nc(C(F)(F)F)n(C)c(=O)c3n2)CCO1. The highest BCUT2D eigenvalue weighted by atomic mass is 19.4. The first kappa shape index (κ1) is 27.6. The number of rotatable bonds is 5. The monoisotopic (exact) mass is 541 g/mol. The van der Waals surface area contributed by atoms with Crippen LogP contribution in [0.3, 0.4) is 0 Å². The van der Waals surface area contributed by atoms with E-state index >= 15 is 4.39 Å². The summed E-state index contributed by atoms with van der Waals surface area (Å²) in [6.07, 6.45) is -0.732. The minimum absolute atomic E-state index is 0.00555. The number of hydrogen-bond acceptors (Lipinski definition) is 8. The molecule has 1 aliphatic heterocycles. The van der Waals surface area contributed by atoms with Crippen molar-refractivity contribution in [1.82, 2.24) is 19.5 Å². The van der Waals surface area contributed by atoms with Crippen molar-refractivity contribution < 1.29 is 22.3 Å². The van der Waals surface area contributed by atoms with Crippen LogP contribution in [0, 0.1) is 17.1 Å². The molecular weight excluding hydrogens is 518 g/mol. The molecule has 1 aromatic carbocycles. The highest BCUT2D eigenvalue weighted by Gasteiger charge is 2.37. The second kappa shape index (κ2) is 10.7. The van der Waals surface area contributed by atoms with Crippen molar-refractivity contribution >= 4 is 22.8 Å². The van der Waals surface area contributed by atoms with Gasteiger partial charge in [0.05, 0.1) is 18.2 Å². The van der Waals surface area contributed by atoms with E-state index in [1.807, 2.05) is 13.8 Å². The largest absolute Gasteiger partial charge is 0.449 e. The summed E-state index contributed by atoms with van der Waals surface area (Å²) in [5.41, 5.74) is 4.23. The van der Waals surface area contributed by atoms with E-state index in [9.17, 15) is 18.0 Å². The number of benzene rings is 1. The third-order valence-corrected chi connectivity index (χ3v) is 5.88. The van der Waals surface area contributed by atoms with Crippen LogP contribution in [0.25, 0.3) is 27.9 Å². The second-order valence-electron chi connectivity index (χ2n) is 8.97. The minimum atomic E-state index is -4.97. The predicted molar refractivity (Wildman–Crippen MR) is 136 cm³/mol. The van der Waals surface area contributed by atoms with E-state index in [1.54, 1.807) is 18.4 Å². The number of aliphatic imine (C=N–C) groups is 1. The zero-order chi connectivity index (χ0) is 28.5. The van der Waals surface area contributed by atoms with E-state index in [0.717, 1.165) is 13.1 Å². The van der Waals surface area contributed by atoms with Crippen LogP contribution < -0.4 is 11.3 Å². The van der Waals surface area contributed by atoms with Gasteiger partial charge in [0.15, 0.2) is 11.3 Å². The van der Waals surface area contributed by atoms with Gasteiger partial charge in [0.2, 0.25) is 5.82 Å². The number of nitrogens with two attached hydrogens (primary N) is 1. The fourth-order valence-electron chi connectivity index (χ4n) is 3.94. The molecule has 0 fully saturated rings. The Balaban J connectivity index is 1.99. The van der Waals surface area contributed by atoms with Gasteiger partial charge in [-0.1, -0.05) is 0 Å². The molecule has 2 N–H and O–H groups in total. The van der Waals surface area contributed by atoms with Crippen LogP contribution in [0.5, 0.6) is 0 Å². The third kappa shape index (κ3) is 5.56. The number of nitrogens with zero attached hydrogens (tertiary/aromatic N) is 6. The van der Waals surface area contributed by atoms with Gasteiger partial charge in [-0.3, -0.25) is 14.4 Å². The van der Waals surface area contributed by atoms with E-state index < -0.39 is 40.5 Å². The Labute approximate surface area is 220 Å². The number of hydrogen-bond donors (Lipinski definition) is 1. The van der Waals surface area contributed by atoms with Crippen molar-refractivity contribution in [3.63, 3.8) is 0 Å². The Morgan fingerprint density at radius 2 is 2.03 bits per heavy atom. The molecule has 0 bridgehead atoms. The van der Waals surface area contributed by atoms with Gasteiger partial charge in [0, 0.05) is 36.6 Å². The molecule has 3 aromatic rings. The molecule has 9 nitrogen and oxygen atoms in total. The summed E-state index contributed by atoms with van der Waals surface area (Å²) in [5.74, 6) is -2.42. The molecule has 2 aromatic heterocycles. The van der Waals surface area contributed by atoms with Crippen LogP contribution in [0.2, 0.25) is 0 Å². The lowest BCUT2D eigenvalue weighted by Crippen LogP contribution is -2.29. The smallest absolute Gasteiger partial charge is 0.404 e. The lowest BCUT2D eigenvalue weighted by atomic mass is 10.0. The number of halogens is 4. The first-order chi connectivity index (χ1) is 18.4. The molecule has 202 valence electrons. The number of alkyl halides is 3. The minimum Gasteiger partial charge on any atom is -0.404 e. The maximum absolute atomic E-state index is 15.1. The molecule has 0 saturated heterocycles. The number of aromatic nitrogens is 4. The van der Waals surface area contributed by atoms with Crippen molar-refractivity contribution in [1.29, 1.82) is 5.26 Å². The molecule has 0 aliphatic carbocycles. The van der Waals surface area contributed by atoms with Crippen molar-refractivity contribution in [3.8, 4) is 17.3 Å². The Kier molecular flexibility index (Phi) is 7.60. The van der Waals surface area contributed by atoms with Gasteiger partial charge < -0.3 is 10.5 Å². The van der Waals surface area contributed by atoms with Crippen molar-refractivity contribution in [2.24, 2.45) is 17.8 Å². The normalized spacial score (nSPS) is 16.6. The molecule has 0 radical (unpaired) electrons. The van der Waals surface area contributed by atoms with Crippen LogP contribution in [0.15, 0.2) is 45.8 Å². The summed E-state index contributed by atoms with van der Waals surface area (Å²) in [4.78, 5) is 29.7. The van der Waals surface area contributed by atoms with Gasteiger partial charge >= 0.3 is 6.18 Å². The van der Waals surface area contributed by atoms with Gasteiger partial charge in [-0.05, 0) is 50.1 Å². The lowest BCUT2D eigenvalue weighted by molar-refractivity contribution is -0.147. The Morgan fingerprint density at radius 3 is 2.64 bits per heavy atom. The Morgan fingerprint density at radius 1 is 1.28 bits per heavy atom. The molecular formula is C26H23F4N7O2. The quantitative estimate of drug-likeness (QED) is 0.383. The highest BCUT2D eigenvalue weighted by molar-refractivity contribution is 5.90. The zero-order valence-electron chi connectivity index (χ0n) is 21.1. The number of fused-ring (bicyclic) bond motifs is 1. The average molecular weight is 542 g/mol. The van der Waals surface area contributed by atoms with Gasteiger partial charge in [0.1, 0.15) is 23.1 Å². The topological polar surface area (TPSA) is 132 Å². The summed E-state index contributed by atoms with van der Waals surface area (Å²) in [5, 5.41) is 9.10. The maximum Gasteiger partial charge on any atom is 0.449 e. The van der Waals surface area contributed by atoms with Crippen LogP contribution in [-0.4, -0.2) is 44.5 Å². The van der Waals surface area contributed by atoms with Crippen LogP contribution >= 0.6 is 0 Å². The first-order valence-corrected chi connectivity index (χ1v) is 11.8. The molecule has 1 aliphatic rings. The van der Waals surface area contributed by atoms with E-state index in [4.69, 9.17) is 15.7 Å². The number of ether oxygens (including phenoxy) is 1. The fourth-order valence-corrected chi connectivity index (χ4v) is 3.94. The molecule has 1 atom stereocenters. The summed E-state index contributed by atoms with van der Waals surface area (Å²) in [6.45, 7) is 3.99. The van der Waals surface area contributed by atoms with Crippen molar-refractivity contribution in [2.45, 2.75) is 38.6 Å². The van der Waals surface area contributed by atoms with Crippen molar-refractivity contribution in [2.75, 3.05) is 6.61 Å². The summed E-state index contributed by atoms with van der Waals surface area (Å²) >= 11 is 0. The fraction of sp³-hybridized carbons (Fsp3) is 0.308. The predicted octanol–water partition coefficient (Wildman–Crippen LogP) is 3.91. The molecule has 39 heavy (non-hydrogen) atoms. The van der Waals surface area contributed by atoms with Gasteiger partial charge in [-0.2, -0.15) is 18.4 Å². The molecule has 0 saturated carbocycles. The zero-order valence-corrected chi connectivity index (χ0v) is 21.1. The van der Waals surface area contributed by atoms with Gasteiger partial charge in [-0.15, -0.1) is 0 Å². The molecule has 0 spiro atoms.